The summed E-state index contributed by atoms with van der Waals surface area (Å²) in [4.78, 5) is 35.6. The molecule has 0 aromatic heterocycles. The van der Waals surface area contributed by atoms with Crippen LogP contribution in [-0.2, 0) is 11.2 Å². The van der Waals surface area contributed by atoms with Gasteiger partial charge in [0.1, 0.15) is 5.66 Å². The molecule has 0 radical (unpaired) electrons. The molecule has 6 heteroatoms. The first kappa shape index (κ1) is 25.7. The molecule has 2 aliphatic heterocycles. The number of hydrogen-bond donors (Lipinski definition) is 1. The van der Waals surface area contributed by atoms with E-state index in [1.807, 2.05) is 31.2 Å². The van der Waals surface area contributed by atoms with Crippen LogP contribution >= 0.6 is 0 Å². The molecular formula is C29H44N4O2. The van der Waals surface area contributed by atoms with Crippen molar-refractivity contribution in [3.05, 3.63) is 35.4 Å². The van der Waals surface area contributed by atoms with Gasteiger partial charge in [-0.15, -0.1) is 0 Å². The molecule has 1 atom stereocenters. The van der Waals surface area contributed by atoms with E-state index in [-0.39, 0.29) is 17.2 Å². The number of benzene rings is 1. The van der Waals surface area contributed by atoms with Gasteiger partial charge in [-0.1, -0.05) is 32.9 Å². The summed E-state index contributed by atoms with van der Waals surface area (Å²) in [5, 5.41) is 2.84. The lowest BCUT2D eigenvalue weighted by Gasteiger charge is -2.44. The number of nitrogens with one attached hydrogen (secondary N) is 1. The van der Waals surface area contributed by atoms with Gasteiger partial charge in [0, 0.05) is 31.2 Å². The van der Waals surface area contributed by atoms with Crippen molar-refractivity contribution in [3.63, 3.8) is 0 Å². The highest BCUT2D eigenvalue weighted by atomic mass is 16.2. The fourth-order valence-corrected chi connectivity index (χ4v) is 6.18. The third-order valence-electron chi connectivity index (χ3n) is 8.52. The number of rotatable bonds is 5. The third-order valence-corrected chi connectivity index (χ3v) is 8.52. The quantitative estimate of drug-likeness (QED) is 0.643. The first-order chi connectivity index (χ1) is 16.6. The van der Waals surface area contributed by atoms with Crippen LogP contribution < -0.4 is 5.32 Å². The van der Waals surface area contributed by atoms with Crippen LogP contribution in [0.5, 0.6) is 0 Å². The number of hydrogen-bond acceptors (Lipinski definition) is 4. The number of carbonyl (C=O) groups is 2. The second kappa shape index (κ2) is 10.3. The van der Waals surface area contributed by atoms with Crippen LogP contribution in [0.25, 0.3) is 0 Å². The van der Waals surface area contributed by atoms with Crippen molar-refractivity contribution in [1.29, 1.82) is 0 Å². The molecule has 2 heterocycles. The Morgan fingerprint density at radius 2 is 1.80 bits per heavy atom. The summed E-state index contributed by atoms with van der Waals surface area (Å²) in [5.74, 6) is 1.45. The molecule has 35 heavy (non-hydrogen) atoms. The van der Waals surface area contributed by atoms with Crippen molar-refractivity contribution >= 4 is 17.6 Å². The molecule has 0 unspecified atom stereocenters. The normalized spacial score (nSPS) is 27.3. The fraction of sp³-hybridized carbons (Fsp3) is 0.690. The molecule has 0 bridgehead atoms. The Morgan fingerprint density at radius 1 is 1.11 bits per heavy atom. The van der Waals surface area contributed by atoms with Gasteiger partial charge >= 0.3 is 0 Å². The van der Waals surface area contributed by atoms with Gasteiger partial charge in [-0.25, -0.2) is 4.99 Å². The lowest BCUT2D eigenvalue weighted by atomic mass is 9.69. The molecule has 6 nitrogen and oxygen atoms in total. The summed E-state index contributed by atoms with van der Waals surface area (Å²) in [6.45, 7) is 13.4. The summed E-state index contributed by atoms with van der Waals surface area (Å²) < 4.78 is 0. The van der Waals surface area contributed by atoms with E-state index in [4.69, 9.17) is 4.99 Å². The second-order valence-electron chi connectivity index (χ2n) is 11.9. The maximum atomic E-state index is 13.8. The molecule has 1 saturated heterocycles. The van der Waals surface area contributed by atoms with Gasteiger partial charge < -0.3 is 15.1 Å². The maximum absolute atomic E-state index is 13.8. The van der Waals surface area contributed by atoms with E-state index >= 15 is 0 Å². The van der Waals surface area contributed by atoms with E-state index in [9.17, 15) is 9.59 Å². The molecule has 192 valence electrons. The number of amidine groups is 1. The van der Waals surface area contributed by atoms with Crippen molar-refractivity contribution in [3.8, 4) is 0 Å². The van der Waals surface area contributed by atoms with Crippen LogP contribution in [0.2, 0.25) is 0 Å². The molecular weight excluding hydrogens is 436 g/mol. The number of aliphatic imine (C=N–C) groups is 1. The molecule has 4 rings (SSSR count). The molecule has 1 aromatic carbocycles. The minimum Gasteiger partial charge on any atom is -0.352 e. The third kappa shape index (κ3) is 5.41. The maximum Gasteiger partial charge on any atom is 0.291 e. The van der Waals surface area contributed by atoms with Crippen LogP contribution in [0, 0.1) is 11.3 Å². The highest BCUT2D eigenvalue weighted by molar-refractivity contribution is 6.39. The van der Waals surface area contributed by atoms with E-state index in [0.717, 1.165) is 57.1 Å². The predicted molar refractivity (Wildman–Crippen MR) is 141 cm³/mol. The van der Waals surface area contributed by atoms with E-state index in [2.05, 4.69) is 42.8 Å². The summed E-state index contributed by atoms with van der Waals surface area (Å²) in [7, 11) is 0. The summed E-state index contributed by atoms with van der Waals surface area (Å²) >= 11 is 0. The number of nitrogens with zero attached hydrogens (tertiary/aromatic N) is 3. The molecule has 3 aliphatic rings. The number of amides is 2. The Kier molecular flexibility index (Phi) is 7.58. The van der Waals surface area contributed by atoms with Gasteiger partial charge in [0.15, 0.2) is 5.84 Å². The van der Waals surface area contributed by atoms with E-state index < -0.39 is 5.66 Å². The van der Waals surface area contributed by atoms with Crippen molar-refractivity contribution < 1.29 is 9.59 Å². The van der Waals surface area contributed by atoms with Gasteiger partial charge in [-0.2, -0.15) is 0 Å². The Hall–Kier alpha value is -2.37. The predicted octanol–water partition coefficient (Wildman–Crippen LogP) is 5.03. The summed E-state index contributed by atoms with van der Waals surface area (Å²) in [6, 6.07) is 8.17. The lowest BCUT2D eigenvalue weighted by Crippen LogP contribution is -2.52. The molecule has 1 saturated carbocycles. The minimum atomic E-state index is -0.397. The second-order valence-corrected chi connectivity index (χ2v) is 11.9. The van der Waals surface area contributed by atoms with Crippen LogP contribution in [0.4, 0.5) is 0 Å². The highest BCUT2D eigenvalue weighted by Crippen LogP contribution is 2.46. The van der Waals surface area contributed by atoms with Crippen molar-refractivity contribution in [1.82, 2.24) is 15.1 Å². The first-order valence-corrected chi connectivity index (χ1v) is 13.7. The number of carbonyl (C=O) groups excluding carboxylic acids is 2. The topological polar surface area (TPSA) is 65.0 Å². The van der Waals surface area contributed by atoms with E-state index in [0.29, 0.717) is 36.4 Å². The Bertz CT molecular complexity index is 938. The van der Waals surface area contributed by atoms with Crippen LogP contribution in [0.1, 0.15) is 95.5 Å². The average molecular weight is 481 g/mol. The van der Waals surface area contributed by atoms with Gasteiger partial charge in [-0.05, 0) is 94.2 Å². The van der Waals surface area contributed by atoms with Crippen molar-refractivity contribution in [2.75, 3.05) is 19.6 Å². The fourth-order valence-electron chi connectivity index (χ4n) is 6.18. The zero-order valence-electron chi connectivity index (χ0n) is 22.4. The number of likely N-dealkylation sites (tertiary alicyclic amines) is 1. The molecule has 1 aromatic rings. The number of piperidine rings is 1. The van der Waals surface area contributed by atoms with Crippen molar-refractivity contribution in [2.24, 2.45) is 16.3 Å². The molecule has 2 amide bonds. The summed E-state index contributed by atoms with van der Waals surface area (Å²) in [6.07, 6.45) is 8.38. The lowest BCUT2D eigenvalue weighted by molar-refractivity contribution is -0.130. The van der Waals surface area contributed by atoms with E-state index in [1.165, 1.54) is 6.42 Å². The first-order valence-electron chi connectivity index (χ1n) is 13.7. The van der Waals surface area contributed by atoms with Gasteiger partial charge in [0.2, 0.25) is 0 Å². The van der Waals surface area contributed by atoms with Crippen LogP contribution in [0.3, 0.4) is 0 Å². The van der Waals surface area contributed by atoms with Gasteiger partial charge in [0.25, 0.3) is 11.8 Å². The Labute approximate surface area is 211 Å². The SMILES string of the molecule is CCNC(=O)c1ccc(CCN2C(=O)C(N3CCCC[C@@H]3C)=NC23CCC(C(C)(C)C)CC3)cc1. The highest BCUT2D eigenvalue weighted by Gasteiger charge is 2.51. The Morgan fingerprint density at radius 3 is 2.40 bits per heavy atom. The van der Waals surface area contributed by atoms with Crippen molar-refractivity contribution in [2.45, 2.75) is 97.7 Å². The van der Waals surface area contributed by atoms with Crippen LogP contribution in [-0.4, -0.2) is 58.8 Å². The Balaban J connectivity index is 1.52. The largest absolute Gasteiger partial charge is 0.352 e. The van der Waals surface area contributed by atoms with E-state index in [1.54, 1.807) is 0 Å². The smallest absolute Gasteiger partial charge is 0.291 e. The van der Waals surface area contributed by atoms with Gasteiger partial charge in [-0.3, -0.25) is 9.59 Å². The zero-order valence-corrected chi connectivity index (χ0v) is 22.4. The zero-order chi connectivity index (χ0) is 25.2. The molecule has 1 spiro atoms. The average Bonchev–Trinajstić information content (AvgIpc) is 3.09. The standard InChI is InChI=1S/C29H44N4O2/c1-6-30-26(34)23-12-10-22(11-13-23)16-20-33-27(35)25(32-19-8-7-9-21(32)2)31-29(33)17-14-24(15-18-29)28(3,4)5/h10-13,21,24H,6-9,14-20H2,1-5H3,(H,30,34)/t21-,24?,29?/m0/s1. The molecule has 1 N–H and O–H groups in total. The minimum absolute atomic E-state index is 0.0444. The summed E-state index contributed by atoms with van der Waals surface area (Å²) in [5.41, 5.74) is 1.71. The van der Waals surface area contributed by atoms with Gasteiger partial charge in [0.05, 0.1) is 0 Å². The molecule has 2 fully saturated rings. The van der Waals surface area contributed by atoms with Crippen LogP contribution in [0.15, 0.2) is 29.3 Å². The molecule has 1 aliphatic carbocycles. The monoisotopic (exact) mass is 480 g/mol.